The Balaban J connectivity index is 2.07. The summed E-state index contributed by atoms with van der Waals surface area (Å²) in [5.74, 6) is 1.36. The van der Waals surface area contributed by atoms with Crippen LogP contribution in [-0.2, 0) is 12.0 Å². The van der Waals surface area contributed by atoms with E-state index in [1.807, 2.05) is 0 Å². The lowest BCUT2D eigenvalue weighted by Gasteiger charge is -2.43. The first-order valence-corrected chi connectivity index (χ1v) is 8.28. The van der Waals surface area contributed by atoms with Crippen LogP contribution in [0, 0.1) is 5.92 Å². The molecule has 1 aliphatic heterocycles. The number of benzene rings is 1. The highest BCUT2D eigenvalue weighted by molar-refractivity contribution is 9.10. The highest BCUT2D eigenvalue weighted by atomic mass is 79.9. The van der Waals surface area contributed by atoms with Crippen molar-refractivity contribution in [2.24, 2.45) is 10.9 Å². The van der Waals surface area contributed by atoms with Crippen molar-refractivity contribution in [2.45, 2.75) is 25.3 Å². The summed E-state index contributed by atoms with van der Waals surface area (Å²) in [4.78, 5) is 15.5. The molecule has 0 saturated heterocycles. The quantitative estimate of drug-likeness (QED) is 0.748. The zero-order valence-electron chi connectivity index (χ0n) is 11.0. The van der Waals surface area contributed by atoms with E-state index in [1.54, 1.807) is 0 Å². The first-order chi connectivity index (χ1) is 9.49. The predicted octanol–water partition coefficient (Wildman–Crippen LogP) is 3.60. The number of nitrogens with zero attached hydrogens (tertiary/aromatic N) is 1. The molecule has 0 fully saturated rings. The second-order valence-electron chi connectivity index (χ2n) is 5.34. The van der Waals surface area contributed by atoms with Crippen LogP contribution in [0.3, 0.4) is 0 Å². The lowest BCUT2D eigenvalue weighted by atomic mass is 9.71. The first kappa shape index (κ1) is 13.9. The Labute approximate surface area is 130 Å². The van der Waals surface area contributed by atoms with Crippen molar-refractivity contribution in [2.75, 3.05) is 5.75 Å². The van der Waals surface area contributed by atoms with Gasteiger partial charge in [0, 0.05) is 10.2 Å². The van der Waals surface area contributed by atoms with Gasteiger partial charge in [-0.1, -0.05) is 33.8 Å². The second-order valence-corrected chi connectivity index (χ2v) is 7.27. The Bertz CT molecular complexity index is 605. The molecule has 0 bridgehead atoms. The monoisotopic (exact) mass is 354 g/mol. The molecule has 1 unspecified atom stereocenters. The van der Waals surface area contributed by atoms with Gasteiger partial charge < -0.3 is 5.11 Å². The van der Waals surface area contributed by atoms with Crippen LogP contribution in [0.2, 0.25) is 0 Å². The fourth-order valence-electron chi connectivity index (χ4n) is 3.04. The van der Waals surface area contributed by atoms with Crippen LogP contribution < -0.4 is 5.32 Å². The summed E-state index contributed by atoms with van der Waals surface area (Å²) < 4.78 is 1.04. The predicted molar refractivity (Wildman–Crippen MR) is 84.4 cm³/mol. The SMILES string of the molecule is C[C@]12N=C(NC(=O)O)SCC1CCc1ccc(Br)cc12. The smallest absolute Gasteiger partial charge is 0.410 e. The molecule has 6 heteroatoms. The third-order valence-electron chi connectivity index (χ3n) is 4.14. The molecule has 3 rings (SSSR count). The molecule has 0 aromatic heterocycles. The van der Waals surface area contributed by atoms with Crippen LogP contribution in [0.15, 0.2) is 27.7 Å². The average Bonchev–Trinajstić information content (AvgIpc) is 2.38. The minimum Gasteiger partial charge on any atom is -0.465 e. The van der Waals surface area contributed by atoms with Crippen LogP contribution in [0.4, 0.5) is 4.79 Å². The molecule has 1 aromatic rings. The Morgan fingerprint density at radius 2 is 2.40 bits per heavy atom. The van der Waals surface area contributed by atoms with E-state index in [9.17, 15) is 4.79 Å². The van der Waals surface area contributed by atoms with E-state index in [0.29, 0.717) is 11.1 Å². The molecule has 20 heavy (non-hydrogen) atoms. The van der Waals surface area contributed by atoms with Gasteiger partial charge in [0.15, 0.2) is 5.17 Å². The number of aliphatic imine (C=N–C) groups is 1. The summed E-state index contributed by atoms with van der Waals surface area (Å²) in [6.07, 6.45) is 1.12. The minimum absolute atomic E-state index is 0.333. The zero-order valence-corrected chi connectivity index (χ0v) is 13.4. The standard InChI is InChI=1S/C14H15BrN2O2S/c1-14-9(7-20-12(17-14)16-13(18)19)4-2-8-3-5-10(15)6-11(8)14/h3,5-6,9H,2,4,7H2,1H3,(H,16,17)(H,18,19)/t9?,14-/m0/s1. The maximum Gasteiger partial charge on any atom is 0.410 e. The molecule has 1 heterocycles. The van der Waals surface area contributed by atoms with Crippen molar-refractivity contribution in [3.05, 3.63) is 33.8 Å². The number of amidine groups is 1. The molecule has 1 aromatic carbocycles. The molecule has 0 saturated carbocycles. The number of carbonyl (C=O) groups is 1. The fraction of sp³-hybridized carbons (Fsp3) is 0.429. The van der Waals surface area contributed by atoms with Crippen molar-refractivity contribution in [3.8, 4) is 0 Å². The van der Waals surface area contributed by atoms with Gasteiger partial charge in [-0.05, 0) is 48.9 Å². The summed E-state index contributed by atoms with van der Waals surface area (Å²) in [5.41, 5.74) is 2.20. The maximum atomic E-state index is 10.8. The number of thioether (sulfide) groups is 1. The van der Waals surface area contributed by atoms with E-state index in [1.165, 1.54) is 22.9 Å². The summed E-state index contributed by atoms with van der Waals surface area (Å²) >= 11 is 5.02. The molecule has 0 radical (unpaired) electrons. The van der Waals surface area contributed by atoms with E-state index >= 15 is 0 Å². The van der Waals surface area contributed by atoms with Crippen LogP contribution in [0.5, 0.6) is 0 Å². The molecule has 1 amide bonds. The Kier molecular flexibility index (Phi) is 3.54. The van der Waals surface area contributed by atoms with Gasteiger partial charge in [0.05, 0.1) is 5.54 Å². The molecule has 2 atom stereocenters. The van der Waals surface area contributed by atoms with Crippen molar-refractivity contribution < 1.29 is 9.90 Å². The average molecular weight is 355 g/mol. The molecule has 106 valence electrons. The normalized spacial score (nSPS) is 28.1. The van der Waals surface area contributed by atoms with Crippen LogP contribution in [0.1, 0.15) is 24.5 Å². The number of fused-ring (bicyclic) bond motifs is 3. The number of halogens is 1. The fourth-order valence-corrected chi connectivity index (χ4v) is 4.67. The third kappa shape index (κ3) is 2.35. The molecule has 2 N–H and O–H groups in total. The number of amides is 1. The van der Waals surface area contributed by atoms with Gasteiger partial charge in [-0.25, -0.2) is 4.79 Å². The molecule has 1 aliphatic carbocycles. The molecular weight excluding hydrogens is 340 g/mol. The minimum atomic E-state index is -1.05. The molecule has 0 spiro atoms. The van der Waals surface area contributed by atoms with E-state index in [-0.39, 0.29) is 5.54 Å². The van der Waals surface area contributed by atoms with Gasteiger partial charge >= 0.3 is 6.09 Å². The van der Waals surface area contributed by atoms with E-state index < -0.39 is 6.09 Å². The molecular formula is C14H15BrN2O2S. The number of nitrogens with one attached hydrogen (secondary N) is 1. The van der Waals surface area contributed by atoms with Gasteiger partial charge in [0.2, 0.25) is 0 Å². The van der Waals surface area contributed by atoms with E-state index in [2.05, 4.69) is 46.4 Å². The van der Waals surface area contributed by atoms with E-state index in [0.717, 1.165) is 23.1 Å². The number of carboxylic acid groups (broad SMARTS) is 1. The van der Waals surface area contributed by atoms with Gasteiger partial charge in [0.1, 0.15) is 0 Å². The number of rotatable bonds is 0. The van der Waals surface area contributed by atoms with Crippen LogP contribution in [0.25, 0.3) is 0 Å². The highest BCUT2D eigenvalue weighted by Crippen LogP contribution is 2.47. The zero-order chi connectivity index (χ0) is 14.3. The Morgan fingerprint density at radius 1 is 1.60 bits per heavy atom. The lowest BCUT2D eigenvalue weighted by molar-refractivity contribution is 0.200. The van der Waals surface area contributed by atoms with Crippen LogP contribution >= 0.6 is 27.7 Å². The topological polar surface area (TPSA) is 61.7 Å². The third-order valence-corrected chi connectivity index (χ3v) is 5.67. The number of aryl methyl sites for hydroxylation is 1. The summed E-state index contributed by atoms with van der Waals surface area (Å²) in [6.45, 7) is 2.12. The van der Waals surface area contributed by atoms with Crippen molar-refractivity contribution in [1.29, 1.82) is 0 Å². The first-order valence-electron chi connectivity index (χ1n) is 6.50. The van der Waals surface area contributed by atoms with Crippen molar-refractivity contribution in [1.82, 2.24) is 5.32 Å². The molecule has 2 aliphatic rings. The Morgan fingerprint density at radius 3 is 3.15 bits per heavy atom. The summed E-state index contributed by atoms with van der Waals surface area (Å²) in [7, 11) is 0. The highest BCUT2D eigenvalue weighted by Gasteiger charge is 2.43. The van der Waals surface area contributed by atoms with Gasteiger partial charge in [-0.2, -0.15) is 0 Å². The van der Waals surface area contributed by atoms with Crippen molar-refractivity contribution >= 4 is 39.0 Å². The lowest BCUT2D eigenvalue weighted by Crippen LogP contribution is -2.43. The second kappa shape index (κ2) is 5.07. The maximum absolute atomic E-state index is 10.8. The summed E-state index contributed by atoms with van der Waals surface area (Å²) in [6, 6.07) is 6.32. The number of hydrogen-bond donors (Lipinski definition) is 2. The molecule has 4 nitrogen and oxygen atoms in total. The Hall–Kier alpha value is -1.01. The summed E-state index contributed by atoms with van der Waals surface area (Å²) in [5, 5.41) is 11.8. The van der Waals surface area contributed by atoms with Crippen LogP contribution in [-0.4, -0.2) is 22.1 Å². The largest absolute Gasteiger partial charge is 0.465 e. The van der Waals surface area contributed by atoms with Gasteiger partial charge in [-0.3, -0.25) is 10.3 Å². The van der Waals surface area contributed by atoms with Gasteiger partial charge in [0.25, 0.3) is 0 Å². The van der Waals surface area contributed by atoms with E-state index in [4.69, 9.17) is 10.1 Å². The van der Waals surface area contributed by atoms with Crippen molar-refractivity contribution in [3.63, 3.8) is 0 Å². The van der Waals surface area contributed by atoms with Gasteiger partial charge in [-0.15, -0.1) is 0 Å². The number of hydrogen-bond acceptors (Lipinski definition) is 3.